The average molecular weight is 425 g/mol. The predicted octanol–water partition coefficient (Wildman–Crippen LogP) is 0.779. The molecule has 2 amide bonds. The highest BCUT2D eigenvalue weighted by Gasteiger charge is 2.45. The van der Waals surface area contributed by atoms with Gasteiger partial charge in [-0.3, -0.25) is 14.5 Å². The number of carbonyl (C=O) groups is 2. The van der Waals surface area contributed by atoms with E-state index >= 15 is 0 Å². The van der Waals surface area contributed by atoms with Crippen LogP contribution in [0, 0.1) is 0 Å². The molecular weight excluding hydrogens is 394 g/mol. The molecule has 7 nitrogen and oxygen atoms in total. The number of rotatable bonds is 7. The van der Waals surface area contributed by atoms with Gasteiger partial charge in [-0.15, -0.1) is 0 Å². The molecule has 2 saturated heterocycles. The lowest BCUT2D eigenvalue weighted by molar-refractivity contribution is -0.915. The number of para-hydroxylation sites is 1. The zero-order valence-electron chi connectivity index (χ0n) is 18.2. The van der Waals surface area contributed by atoms with Crippen molar-refractivity contribution in [3.8, 4) is 11.5 Å². The van der Waals surface area contributed by atoms with E-state index < -0.39 is 0 Å². The highest BCUT2D eigenvalue weighted by molar-refractivity contribution is 6.04. The molecule has 0 unspecified atom stereocenters. The van der Waals surface area contributed by atoms with Crippen molar-refractivity contribution in [2.75, 3.05) is 51.8 Å². The summed E-state index contributed by atoms with van der Waals surface area (Å²) >= 11 is 0. The molecule has 164 valence electrons. The van der Waals surface area contributed by atoms with Gasteiger partial charge in [0.05, 0.1) is 46.8 Å². The van der Waals surface area contributed by atoms with Gasteiger partial charge in [0.2, 0.25) is 5.91 Å². The number of carbonyl (C=O) groups excluding carboxylic acids is 2. The highest BCUT2D eigenvalue weighted by Crippen LogP contribution is 2.28. The Hall–Kier alpha value is -3.06. The van der Waals surface area contributed by atoms with Gasteiger partial charge in [0.25, 0.3) is 5.91 Å². The molecule has 2 fully saturated rings. The number of hydrogen-bond acceptors (Lipinski definition) is 5. The van der Waals surface area contributed by atoms with Crippen molar-refractivity contribution >= 4 is 17.5 Å². The summed E-state index contributed by atoms with van der Waals surface area (Å²) in [6.07, 6.45) is 0.910. The van der Waals surface area contributed by atoms with Crippen molar-refractivity contribution in [1.82, 2.24) is 4.90 Å². The number of methoxy groups -OCH3 is 2. The first-order valence-corrected chi connectivity index (χ1v) is 10.8. The summed E-state index contributed by atoms with van der Waals surface area (Å²) in [4.78, 5) is 30.7. The summed E-state index contributed by atoms with van der Waals surface area (Å²) in [6, 6.07) is 15.8. The van der Waals surface area contributed by atoms with Crippen molar-refractivity contribution in [1.29, 1.82) is 0 Å². The van der Waals surface area contributed by atoms with E-state index in [0.717, 1.165) is 31.7 Å². The maximum Gasteiger partial charge on any atom is 0.288 e. The van der Waals surface area contributed by atoms with Gasteiger partial charge in [0.15, 0.2) is 17.5 Å². The molecule has 0 aromatic heterocycles. The number of hydrogen-bond donors (Lipinski definition) is 1. The Labute approximate surface area is 183 Å². The van der Waals surface area contributed by atoms with Gasteiger partial charge in [0.1, 0.15) is 0 Å². The Kier molecular flexibility index (Phi) is 6.42. The van der Waals surface area contributed by atoms with Crippen molar-refractivity contribution in [2.45, 2.75) is 18.9 Å². The number of anilines is 1. The average Bonchev–Trinajstić information content (AvgIpc) is 3.11. The minimum absolute atomic E-state index is 0.0337. The van der Waals surface area contributed by atoms with E-state index in [1.165, 1.54) is 15.5 Å². The summed E-state index contributed by atoms with van der Waals surface area (Å²) in [7, 11) is 3.20. The van der Waals surface area contributed by atoms with E-state index in [4.69, 9.17) is 9.47 Å². The maximum absolute atomic E-state index is 13.0. The first kappa shape index (κ1) is 21.2. The second-order valence-electron chi connectivity index (χ2n) is 8.06. The molecule has 0 spiro atoms. The number of nitrogens with zero attached hydrogens (tertiary/aromatic N) is 2. The molecule has 31 heavy (non-hydrogen) atoms. The molecule has 7 heteroatoms. The van der Waals surface area contributed by atoms with Gasteiger partial charge >= 0.3 is 0 Å². The summed E-state index contributed by atoms with van der Waals surface area (Å²) < 4.78 is 10.6. The van der Waals surface area contributed by atoms with Crippen LogP contribution in [0.4, 0.5) is 5.69 Å². The van der Waals surface area contributed by atoms with E-state index in [-0.39, 0.29) is 17.9 Å². The van der Waals surface area contributed by atoms with Crippen LogP contribution in [0.3, 0.4) is 0 Å². The smallest absolute Gasteiger partial charge is 0.288 e. The monoisotopic (exact) mass is 424 g/mol. The predicted molar refractivity (Wildman–Crippen MR) is 118 cm³/mol. The van der Waals surface area contributed by atoms with Crippen LogP contribution in [0.25, 0.3) is 0 Å². The van der Waals surface area contributed by atoms with E-state index in [2.05, 4.69) is 17.0 Å². The number of likely N-dealkylation sites (tertiary alicyclic amines) is 1. The number of amides is 2. The van der Waals surface area contributed by atoms with Crippen LogP contribution in [-0.4, -0.2) is 69.7 Å². The Morgan fingerprint density at radius 1 is 0.968 bits per heavy atom. The molecule has 2 aromatic carbocycles. The lowest BCUT2D eigenvalue weighted by Gasteiger charge is -2.35. The topological polar surface area (TPSA) is 63.5 Å². The summed E-state index contributed by atoms with van der Waals surface area (Å²) in [5.41, 5.74) is 2.22. The van der Waals surface area contributed by atoms with Crippen LogP contribution in [-0.2, 0) is 16.0 Å². The minimum Gasteiger partial charge on any atom is -0.493 e. The number of imide groups is 1. The van der Waals surface area contributed by atoms with Gasteiger partial charge in [-0.1, -0.05) is 24.3 Å². The molecule has 0 saturated carbocycles. The van der Waals surface area contributed by atoms with Crippen LogP contribution in [0.1, 0.15) is 12.0 Å². The van der Waals surface area contributed by atoms with Gasteiger partial charge < -0.3 is 19.3 Å². The molecule has 0 radical (unpaired) electrons. The minimum atomic E-state index is -0.254. The van der Waals surface area contributed by atoms with Crippen LogP contribution in [0.5, 0.6) is 11.5 Å². The van der Waals surface area contributed by atoms with Crippen molar-refractivity contribution < 1.29 is 24.0 Å². The first-order chi connectivity index (χ1) is 15.1. The van der Waals surface area contributed by atoms with Crippen molar-refractivity contribution in [3.63, 3.8) is 0 Å². The lowest BCUT2D eigenvalue weighted by atomic mass is 10.1. The SMILES string of the molecule is COc1ccc(CCN2C(=O)C[C@@H]([NH+]3CCN(c4ccccc4)CC3)C2=O)cc1OC. The van der Waals surface area contributed by atoms with Gasteiger partial charge in [-0.05, 0) is 36.2 Å². The summed E-state index contributed by atoms with van der Waals surface area (Å²) in [6.45, 7) is 3.91. The maximum atomic E-state index is 13.0. The number of benzene rings is 2. The van der Waals surface area contributed by atoms with E-state index in [1.807, 2.05) is 36.4 Å². The second-order valence-corrected chi connectivity index (χ2v) is 8.06. The van der Waals surface area contributed by atoms with Crippen LogP contribution >= 0.6 is 0 Å². The number of piperazine rings is 1. The third kappa shape index (κ3) is 4.51. The fourth-order valence-corrected chi connectivity index (χ4v) is 4.55. The van der Waals surface area contributed by atoms with Crippen LogP contribution in [0.2, 0.25) is 0 Å². The number of nitrogens with one attached hydrogen (secondary N) is 1. The quantitative estimate of drug-likeness (QED) is 0.666. The third-order valence-electron chi connectivity index (χ3n) is 6.34. The number of quaternary nitrogens is 1. The Bertz CT molecular complexity index is 926. The van der Waals surface area contributed by atoms with Crippen LogP contribution < -0.4 is 19.3 Å². The molecular formula is C24H30N3O4+. The van der Waals surface area contributed by atoms with Gasteiger partial charge in [-0.2, -0.15) is 0 Å². The molecule has 0 bridgehead atoms. The largest absolute Gasteiger partial charge is 0.493 e. The summed E-state index contributed by atoms with van der Waals surface area (Å²) in [5.74, 6) is 1.22. The Morgan fingerprint density at radius 2 is 1.68 bits per heavy atom. The normalized spacial score (nSPS) is 19.7. The van der Waals surface area contributed by atoms with Crippen molar-refractivity contribution in [2.24, 2.45) is 0 Å². The lowest BCUT2D eigenvalue weighted by Crippen LogP contribution is -3.19. The molecule has 2 aromatic rings. The van der Waals surface area contributed by atoms with E-state index in [9.17, 15) is 9.59 Å². The first-order valence-electron chi connectivity index (χ1n) is 10.8. The fourth-order valence-electron chi connectivity index (χ4n) is 4.55. The van der Waals surface area contributed by atoms with Gasteiger partial charge in [-0.25, -0.2) is 0 Å². The fraction of sp³-hybridized carbons (Fsp3) is 0.417. The Morgan fingerprint density at radius 3 is 2.35 bits per heavy atom. The molecule has 1 atom stereocenters. The van der Waals surface area contributed by atoms with Crippen LogP contribution in [0.15, 0.2) is 48.5 Å². The number of ether oxygens (including phenoxy) is 2. The van der Waals surface area contributed by atoms with Crippen molar-refractivity contribution in [3.05, 3.63) is 54.1 Å². The molecule has 1 N–H and O–H groups in total. The molecule has 2 aliphatic rings. The molecule has 2 heterocycles. The Balaban J connectivity index is 1.34. The van der Waals surface area contributed by atoms with E-state index in [0.29, 0.717) is 30.9 Å². The third-order valence-corrected chi connectivity index (χ3v) is 6.34. The zero-order valence-corrected chi connectivity index (χ0v) is 18.2. The molecule has 4 rings (SSSR count). The summed E-state index contributed by atoms with van der Waals surface area (Å²) in [5, 5.41) is 0. The van der Waals surface area contributed by atoms with Gasteiger partial charge in [0, 0.05) is 12.2 Å². The molecule has 0 aliphatic carbocycles. The highest BCUT2D eigenvalue weighted by atomic mass is 16.5. The second kappa shape index (κ2) is 9.39. The molecule has 2 aliphatic heterocycles. The zero-order chi connectivity index (χ0) is 21.8. The standard InChI is InChI=1S/C24H29N3O4/c1-30-21-9-8-18(16-22(21)31-2)10-11-27-23(28)17-20(24(27)29)26-14-12-25(13-15-26)19-6-4-3-5-7-19/h3-9,16,20H,10-15,17H2,1-2H3/p+1/t20-/m1/s1. The van der Waals surface area contributed by atoms with E-state index in [1.54, 1.807) is 14.2 Å².